The molecule has 1 aromatic rings. The van der Waals surface area contributed by atoms with Crippen molar-refractivity contribution < 1.29 is 22.7 Å². The van der Waals surface area contributed by atoms with Crippen molar-refractivity contribution in [2.45, 2.75) is 50.9 Å². The molecule has 0 aliphatic carbocycles. The molecule has 130 valence electrons. The number of hydrogen-bond acceptors (Lipinski definition) is 4. The highest BCUT2D eigenvalue weighted by Gasteiger charge is 2.30. The van der Waals surface area contributed by atoms with E-state index in [0.717, 1.165) is 12.8 Å². The van der Waals surface area contributed by atoms with E-state index in [9.17, 15) is 18.0 Å². The Labute approximate surface area is 131 Å². The molecule has 0 bridgehead atoms. The lowest BCUT2D eigenvalue weighted by Gasteiger charge is -2.18. The van der Waals surface area contributed by atoms with Gasteiger partial charge in [-0.25, -0.2) is 9.78 Å². The SMILES string of the molecule is CC(CC(F)(F)F)NC(=O)NCc1nc(C2CCOCC2)n[nH]1. The van der Waals surface area contributed by atoms with E-state index in [2.05, 4.69) is 25.8 Å². The maximum atomic E-state index is 12.2. The number of urea groups is 1. The predicted molar refractivity (Wildman–Crippen MR) is 74.7 cm³/mol. The number of ether oxygens (including phenoxy) is 1. The molecular formula is C13H20F3N5O2. The van der Waals surface area contributed by atoms with Gasteiger partial charge in [0, 0.05) is 25.2 Å². The van der Waals surface area contributed by atoms with Gasteiger partial charge >= 0.3 is 12.2 Å². The molecule has 2 heterocycles. The van der Waals surface area contributed by atoms with Crippen molar-refractivity contribution in [3.05, 3.63) is 11.6 Å². The molecule has 1 aromatic heterocycles. The molecule has 3 N–H and O–H groups in total. The Balaban J connectivity index is 1.75. The number of amides is 2. The van der Waals surface area contributed by atoms with Gasteiger partial charge in [0.05, 0.1) is 13.0 Å². The number of carbonyl (C=O) groups is 1. The predicted octanol–water partition coefficient (Wildman–Crippen LogP) is 1.84. The summed E-state index contributed by atoms with van der Waals surface area (Å²) in [4.78, 5) is 15.9. The van der Waals surface area contributed by atoms with Gasteiger partial charge in [0.15, 0.2) is 5.82 Å². The number of halogens is 3. The lowest BCUT2D eigenvalue weighted by atomic mass is 10.00. The molecular weight excluding hydrogens is 315 g/mol. The van der Waals surface area contributed by atoms with Gasteiger partial charge in [-0.3, -0.25) is 5.10 Å². The normalized spacial score (nSPS) is 17.7. The van der Waals surface area contributed by atoms with Crippen LogP contribution in [0.25, 0.3) is 0 Å². The zero-order chi connectivity index (χ0) is 16.9. The zero-order valence-electron chi connectivity index (χ0n) is 12.7. The minimum atomic E-state index is -4.31. The standard InChI is InChI=1S/C13H20F3N5O2/c1-8(6-13(14,15)16)18-12(22)17-7-10-19-11(21-20-10)9-2-4-23-5-3-9/h8-9H,2-7H2,1H3,(H2,17,18,22)(H,19,20,21). The molecule has 1 unspecified atom stereocenters. The van der Waals surface area contributed by atoms with Crippen molar-refractivity contribution in [1.82, 2.24) is 25.8 Å². The van der Waals surface area contributed by atoms with Crippen LogP contribution in [0, 0.1) is 0 Å². The molecule has 1 atom stereocenters. The van der Waals surface area contributed by atoms with Gasteiger partial charge in [0.2, 0.25) is 0 Å². The second-order valence-corrected chi connectivity index (χ2v) is 5.57. The van der Waals surface area contributed by atoms with Crippen LogP contribution in [0.3, 0.4) is 0 Å². The first-order valence-electron chi connectivity index (χ1n) is 7.43. The molecule has 7 nitrogen and oxygen atoms in total. The van der Waals surface area contributed by atoms with Gasteiger partial charge in [-0.2, -0.15) is 18.3 Å². The number of alkyl halides is 3. The highest BCUT2D eigenvalue weighted by Crippen LogP contribution is 2.23. The van der Waals surface area contributed by atoms with E-state index in [-0.39, 0.29) is 12.5 Å². The van der Waals surface area contributed by atoms with E-state index in [1.807, 2.05) is 0 Å². The molecule has 23 heavy (non-hydrogen) atoms. The average molecular weight is 335 g/mol. The quantitative estimate of drug-likeness (QED) is 0.766. The van der Waals surface area contributed by atoms with Crippen molar-refractivity contribution in [3.8, 4) is 0 Å². The Hall–Kier alpha value is -1.84. The van der Waals surface area contributed by atoms with Gasteiger partial charge in [-0.15, -0.1) is 0 Å². The van der Waals surface area contributed by atoms with Gasteiger partial charge in [-0.1, -0.05) is 0 Å². The number of rotatable bonds is 5. The van der Waals surface area contributed by atoms with Crippen LogP contribution < -0.4 is 10.6 Å². The fourth-order valence-electron chi connectivity index (χ4n) is 2.36. The average Bonchev–Trinajstić information content (AvgIpc) is 2.93. The van der Waals surface area contributed by atoms with Crippen LogP contribution >= 0.6 is 0 Å². The third-order valence-electron chi connectivity index (χ3n) is 3.47. The maximum Gasteiger partial charge on any atom is 0.391 e. The Morgan fingerprint density at radius 2 is 2.13 bits per heavy atom. The molecule has 1 aliphatic heterocycles. The van der Waals surface area contributed by atoms with Crippen LogP contribution in [0.4, 0.5) is 18.0 Å². The van der Waals surface area contributed by atoms with Crippen LogP contribution in [0.5, 0.6) is 0 Å². The Bertz CT molecular complexity index is 514. The summed E-state index contributed by atoms with van der Waals surface area (Å²) in [5.74, 6) is 1.37. The van der Waals surface area contributed by atoms with Crippen molar-refractivity contribution in [2.75, 3.05) is 13.2 Å². The smallest absolute Gasteiger partial charge is 0.381 e. The van der Waals surface area contributed by atoms with E-state index in [1.165, 1.54) is 6.92 Å². The molecule has 0 spiro atoms. The van der Waals surface area contributed by atoms with Gasteiger partial charge in [0.1, 0.15) is 5.82 Å². The monoisotopic (exact) mass is 335 g/mol. The number of nitrogens with zero attached hydrogens (tertiary/aromatic N) is 2. The van der Waals surface area contributed by atoms with Crippen molar-refractivity contribution in [2.24, 2.45) is 0 Å². The summed E-state index contributed by atoms with van der Waals surface area (Å²) in [6, 6.07) is -1.67. The lowest BCUT2D eigenvalue weighted by Crippen LogP contribution is -2.42. The van der Waals surface area contributed by atoms with Crippen LogP contribution in [-0.4, -0.2) is 46.6 Å². The maximum absolute atomic E-state index is 12.2. The number of nitrogens with one attached hydrogen (secondary N) is 3. The van der Waals surface area contributed by atoms with Crippen molar-refractivity contribution in [1.29, 1.82) is 0 Å². The largest absolute Gasteiger partial charge is 0.391 e. The number of H-pyrrole nitrogens is 1. The number of hydrogen-bond donors (Lipinski definition) is 3. The Kier molecular flexibility index (Phi) is 5.80. The Morgan fingerprint density at radius 1 is 1.43 bits per heavy atom. The summed E-state index contributed by atoms with van der Waals surface area (Å²) in [7, 11) is 0. The Morgan fingerprint density at radius 3 is 2.78 bits per heavy atom. The van der Waals surface area contributed by atoms with E-state index >= 15 is 0 Å². The molecule has 10 heteroatoms. The van der Waals surface area contributed by atoms with Crippen molar-refractivity contribution >= 4 is 6.03 Å². The van der Waals surface area contributed by atoms with E-state index in [1.54, 1.807) is 0 Å². The van der Waals surface area contributed by atoms with E-state index in [0.29, 0.717) is 24.9 Å². The van der Waals surface area contributed by atoms with Crippen LogP contribution in [0.1, 0.15) is 43.8 Å². The summed E-state index contributed by atoms with van der Waals surface area (Å²) in [6.07, 6.45) is -3.69. The highest BCUT2D eigenvalue weighted by atomic mass is 19.4. The summed E-state index contributed by atoms with van der Waals surface area (Å²) < 4.78 is 41.8. The van der Waals surface area contributed by atoms with Gasteiger partial charge < -0.3 is 15.4 Å². The molecule has 1 fully saturated rings. The molecule has 2 amide bonds. The molecule has 0 radical (unpaired) electrons. The second-order valence-electron chi connectivity index (χ2n) is 5.57. The number of aromatic nitrogens is 3. The van der Waals surface area contributed by atoms with E-state index < -0.39 is 24.7 Å². The fraction of sp³-hybridized carbons (Fsp3) is 0.769. The topological polar surface area (TPSA) is 91.9 Å². The number of carbonyl (C=O) groups excluding carboxylic acids is 1. The molecule has 2 rings (SSSR count). The zero-order valence-corrected chi connectivity index (χ0v) is 12.7. The van der Waals surface area contributed by atoms with Crippen LogP contribution in [0.2, 0.25) is 0 Å². The second kappa shape index (κ2) is 7.62. The third-order valence-corrected chi connectivity index (χ3v) is 3.47. The summed E-state index contributed by atoms with van der Waals surface area (Å²) in [6.45, 7) is 2.71. The first-order chi connectivity index (χ1) is 10.8. The minimum absolute atomic E-state index is 0.0702. The fourth-order valence-corrected chi connectivity index (χ4v) is 2.36. The first kappa shape index (κ1) is 17.5. The van der Waals surface area contributed by atoms with Gasteiger partial charge in [-0.05, 0) is 19.8 Å². The summed E-state index contributed by atoms with van der Waals surface area (Å²) in [5, 5.41) is 11.5. The highest BCUT2D eigenvalue weighted by molar-refractivity contribution is 5.74. The molecule has 0 saturated carbocycles. The minimum Gasteiger partial charge on any atom is -0.381 e. The molecule has 1 saturated heterocycles. The third kappa shape index (κ3) is 6.05. The van der Waals surface area contributed by atoms with E-state index in [4.69, 9.17) is 4.74 Å². The lowest BCUT2D eigenvalue weighted by molar-refractivity contribution is -0.138. The first-order valence-corrected chi connectivity index (χ1v) is 7.43. The molecule has 0 aromatic carbocycles. The van der Waals surface area contributed by atoms with Gasteiger partial charge in [0.25, 0.3) is 0 Å². The summed E-state index contributed by atoms with van der Waals surface area (Å²) in [5.41, 5.74) is 0. The van der Waals surface area contributed by atoms with Crippen LogP contribution in [0.15, 0.2) is 0 Å². The summed E-state index contributed by atoms with van der Waals surface area (Å²) >= 11 is 0. The van der Waals surface area contributed by atoms with Crippen molar-refractivity contribution in [3.63, 3.8) is 0 Å². The molecule has 1 aliphatic rings. The number of aromatic amines is 1. The van der Waals surface area contributed by atoms with Crippen LogP contribution in [-0.2, 0) is 11.3 Å².